The van der Waals surface area contributed by atoms with E-state index < -0.39 is 0 Å². The molecule has 1 heterocycles. The van der Waals surface area contributed by atoms with Crippen LogP contribution in [0.4, 0.5) is 0 Å². The molecule has 0 N–H and O–H groups in total. The number of fused-ring (bicyclic) bond motifs is 3. The molecule has 3 aromatic carbocycles. The first kappa shape index (κ1) is 23.4. The highest BCUT2D eigenvalue weighted by molar-refractivity contribution is 6.16. The lowest BCUT2D eigenvalue weighted by Gasteiger charge is -2.09. The highest BCUT2D eigenvalue weighted by Crippen LogP contribution is 2.32. The molecule has 1 aromatic heterocycles. The maximum Gasteiger partial charge on any atom is 0.307 e. The Morgan fingerprint density at radius 3 is 2.15 bits per heavy atom. The minimum atomic E-state index is -0.307. The van der Waals surface area contributed by atoms with Crippen LogP contribution < -0.4 is 0 Å². The quantitative estimate of drug-likeness (QED) is 0.198. The smallest absolute Gasteiger partial charge is 0.307 e. The van der Waals surface area contributed by atoms with Crippen molar-refractivity contribution in [3.8, 4) is 0 Å². The summed E-state index contributed by atoms with van der Waals surface area (Å²) >= 11 is 0. The van der Waals surface area contributed by atoms with Gasteiger partial charge in [-0.3, -0.25) is 14.4 Å². The van der Waals surface area contributed by atoms with Gasteiger partial charge >= 0.3 is 5.97 Å². The summed E-state index contributed by atoms with van der Waals surface area (Å²) in [6, 6.07) is 18.7. The molecule has 0 saturated carbocycles. The molecule has 0 radical (unpaired) electrons. The topological polar surface area (TPSA) is 74.6 Å². The monoisotopic (exact) mass is 457 g/mol. The fraction of sp³-hybridized carbons (Fsp3) is 0.250. The van der Waals surface area contributed by atoms with Crippen molar-refractivity contribution in [2.75, 3.05) is 20.3 Å². The fourth-order valence-corrected chi connectivity index (χ4v) is 4.20. The van der Waals surface area contributed by atoms with Gasteiger partial charge in [-0.05, 0) is 55.8 Å². The maximum atomic E-state index is 13.2. The second-order valence-corrected chi connectivity index (χ2v) is 8.28. The summed E-state index contributed by atoms with van der Waals surface area (Å²) in [6.45, 7) is 4.43. The molecule has 0 saturated heterocycles. The number of aromatic nitrogens is 1. The van der Waals surface area contributed by atoms with E-state index in [1.807, 2.05) is 66.1 Å². The minimum Gasteiger partial charge on any atom is -0.463 e. The molecule has 34 heavy (non-hydrogen) atoms. The molecule has 6 nitrogen and oxygen atoms in total. The third-order valence-electron chi connectivity index (χ3n) is 6.01. The number of methoxy groups -OCH3 is 1. The largest absolute Gasteiger partial charge is 0.463 e. The Kier molecular flexibility index (Phi) is 6.89. The number of rotatable bonds is 9. The zero-order valence-corrected chi connectivity index (χ0v) is 19.6. The van der Waals surface area contributed by atoms with E-state index in [-0.39, 0.29) is 30.6 Å². The van der Waals surface area contributed by atoms with Crippen molar-refractivity contribution in [2.24, 2.45) is 0 Å². The lowest BCUT2D eigenvalue weighted by molar-refractivity contribution is -0.145. The Morgan fingerprint density at radius 2 is 1.50 bits per heavy atom. The third-order valence-corrected chi connectivity index (χ3v) is 6.01. The average molecular weight is 458 g/mol. The number of nitrogens with zero attached hydrogens (tertiary/aromatic N) is 1. The summed E-state index contributed by atoms with van der Waals surface area (Å²) in [6.07, 6.45) is 0.195. The highest BCUT2D eigenvalue weighted by Gasteiger charge is 2.17. The Hall–Kier alpha value is -3.77. The molecular formula is C28H27NO5. The molecule has 174 valence electrons. The molecule has 0 atom stereocenters. The number of Topliss-reactive ketones (excluding diaryl/α,β-unsaturated/α-hetero) is 1. The number of carbonyl (C=O) groups is 3. The van der Waals surface area contributed by atoms with Crippen LogP contribution in [0.5, 0.6) is 0 Å². The number of hydrogen-bond acceptors (Lipinski definition) is 5. The van der Waals surface area contributed by atoms with E-state index in [1.54, 1.807) is 13.2 Å². The number of esters is 1. The highest BCUT2D eigenvalue weighted by atomic mass is 16.6. The predicted octanol–water partition coefficient (Wildman–Crippen LogP) is 5.12. The van der Waals surface area contributed by atoms with Crippen LogP contribution in [0.1, 0.15) is 45.2 Å². The number of ether oxygens (including phenoxy) is 2. The number of aryl methyl sites for hydroxylation is 2. The van der Waals surface area contributed by atoms with E-state index >= 15 is 0 Å². The van der Waals surface area contributed by atoms with Crippen LogP contribution in [0.2, 0.25) is 0 Å². The lowest BCUT2D eigenvalue weighted by Crippen LogP contribution is -2.12. The molecule has 0 bridgehead atoms. The van der Waals surface area contributed by atoms with E-state index in [1.165, 1.54) is 6.92 Å². The Morgan fingerprint density at radius 1 is 0.853 bits per heavy atom. The zero-order valence-electron chi connectivity index (χ0n) is 19.6. The van der Waals surface area contributed by atoms with Crippen LogP contribution >= 0.6 is 0 Å². The van der Waals surface area contributed by atoms with Crippen LogP contribution in [-0.2, 0) is 20.8 Å². The first-order valence-corrected chi connectivity index (χ1v) is 11.2. The Bertz CT molecular complexity index is 1400. The molecule has 0 aliphatic carbocycles. The van der Waals surface area contributed by atoms with Gasteiger partial charge in [-0.2, -0.15) is 0 Å². The average Bonchev–Trinajstić information content (AvgIpc) is 3.15. The molecule has 0 spiro atoms. The first-order valence-electron chi connectivity index (χ1n) is 11.2. The van der Waals surface area contributed by atoms with Crippen molar-refractivity contribution in [3.63, 3.8) is 0 Å². The maximum absolute atomic E-state index is 13.2. The van der Waals surface area contributed by atoms with Crippen LogP contribution in [0.15, 0.2) is 60.7 Å². The summed E-state index contributed by atoms with van der Waals surface area (Å²) in [5.74, 6) is -0.388. The van der Waals surface area contributed by atoms with Crippen LogP contribution in [0.3, 0.4) is 0 Å². The molecule has 0 aliphatic rings. The van der Waals surface area contributed by atoms with Gasteiger partial charge in [0, 0.05) is 52.2 Å². The second kappa shape index (κ2) is 10.0. The Labute approximate surface area is 198 Å². The first-order chi connectivity index (χ1) is 16.4. The van der Waals surface area contributed by atoms with Gasteiger partial charge in [-0.15, -0.1) is 0 Å². The van der Waals surface area contributed by atoms with E-state index in [9.17, 15) is 14.4 Å². The van der Waals surface area contributed by atoms with Gasteiger partial charge in [0.05, 0.1) is 13.0 Å². The summed E-state index contributed by atoms with van der Waals surface area (Å²) < 4.78 is 12.2. The van der Waals surface area contributed by atoms with Crippen molar-refractivity contribution >= 4 is 39.3 Å². The lowest BCUT2D eigenvalue weighted by atomic mass is 9.97. The number of benzene rings is 3. The zero-order chi connectivity index (χ0) is 24.2. The van der Waals surface area contributed by atoms with Gasteiger partial charge < -0.3 is 14.0 Å². The summed E-state index contributed by atoms with van der Waals surface area (Å²) in [5, 5.41) is 1.74. The Balaban J connectivity index is 1.77. The molecule has 6 heteroatoms. The molecule has 4 rings (SSSR count). The van der Waals surface area contributed by atoms with E-state index in [0.717, 1.165) is 27.4 Å². The van der Waals surface area contributed by atoms with Crippen LogP contribution in [-0.4, -0.2) is 42.4 Å². The standard InChI is InChI=1S/C28H27NO5/c1-18-6-4-5-7-22(18)28(32)21-9-11-26-24(17-21)23-16-20(19(2)30)8-10-25(23)29(26)13-12-27(31)34-15-14-33-3/h4-11,16-17H,12-15H2,1-3H3. The van der Waals surface area contributed by atoms with Gasteiger partial charge in [0.2, 0.25) is 0 Å². The molecule has 0 amide bonds. The fourth-order valence-electron chi connectivity index (χ4n) is 4.20. The molecule has 0 fully saturated rings. The van der Waals surface area contributed by atoms with E-state index in [4.69, 9.17) is 9.47 Å². The third kappa shape index (κ3) is 4.63. The van der Waals surface area contributed by atoms with E-state index in [2.05, 4.69) is 0 Å². The molecule has 4 aromatic rings. The van der Waals surface area contributed by atoms with Gasteiger partial charge in [0.15, 0.2) is 11.6 Å². The number of carbonyl (C=O) groups excluding carboxylic acids is 3. The van der Waals surface area contributed by atoms with Crippen molar-refractivity contribution in [1.82, 2.24) is 4.57 Å². The van der Waals surface area contributed by atoms with Gasteiger partial charge in [-0.1, -0.05) is 24.3 Å². The van der Waals surface area contributed by atoms with Crippen molar-refractivity contribution in [2.45, 2.75) is 26.8 Å². The summed E-state index contributed by atoms with van der Waals surface area (Å²) in [5.41, 5.74) is 4.54. The summed E-state index contributed by atoms with van der Waals surface area (Å²) in [4.78, 5) is 37.5. The summed E-state index contributed by atoms with van der Waals surface area (Å²) in [7, 11) is 1.55. The normalized spacial score (nSPS) is 11.1. The number of hydrogen-bond donors (Lipinski definition) is 0. The molecule has 0 unspecified atom stereocenters. The predicted molar refractivity (Wildman–Crippen MR) is 132 cm³/mol. The molecular weight excluding hydrogens is 430 g/mol. The number of ketones is 2. The van der Waals surface area contributed by atoms with Crippen LogP contribution in [0.25, 0.3) is 21.8 Å². The van der Waals surface area contributed by atoms with Crippen molar-refractivity contribution < 1.29 is 23.9 Å². The van der Waals surface area contributed by atoms with E-state index in [0.29, 0.717) is 29.8 Å². The van der Waals surface area contributed by atoms with Gasteiger partial charge in [0.1, 0.15) is 6.61 Å². The second-order valence-electron chi connectivity index (χ2n) is 8.28. The van der Waals surface area contributed by atoms with Crippen molar-refractivity contribution in [1.29, 1.82) is 0 Å². The van der Waals surface area contributed by atoms with Gasteiger partial charge in [-0.25, -0.2) is 0 Å². The van der Waals surface area contributed by atoms with Gasteiger partial charge in [0.25, 0.3) is 0 Å². The van der Waals surface area contributed by atoms with Crippen LogP contribution in [0, 0.1) is 6.92 Å². The van der Waals surface area contributed by atoms with Crippen molar-refractivity contribution in [3.05, 3.63) is 82.9 Å². The SMILES string of the molecule is COCCOC(=O)CCn1c2ccc(C(C)=O)cc2c2cc(C(=O)c3ccccc3C)ccc21. The minimum absolute atomic E-state index is 0.0309. The molecule has 0 aliphatic heterocycles.